The highest BCUT2D eigenvalue weighted by atomic mass is 32.1. The van der Waals surface area contributed by atoms with E-state index >= 15 is 0 Å². The number of hydrogen-bond donors (Lipinski definition) is 1. The third-order valence-corrected chi connectivity index (χ3v) is 4.28. The average molecular weight is 226 g/mol. The van der Waals surface area contributed by atoms with Crippen molar-refractivity contribution in [2.75, 3.05) is 13.6 Å². The Morgan fingerprint density at radius 2 is 2.20 bits per heavy atom. The van der Waals surface area contributed by atoms with E-state index in [1.807, 2.05) is 0 Å². The first-order chi connectivity index (χ1) is 6.97. The molecule has 0 radical (unpaired) electrons. The molecule has 1 aromatic rings. The van der Waals surface area contributed by atoms with Gasteiger partial charge in [-0.2, -0.15) is 0 Å². The summed E-state index contributed by atoms with van der Waals surface area (Å²) in [5, 5.41) is 2.08. The first-order valence-corrected chi connectivity index (χ1v) is 6.35. The lowest BCUT2D eigenvalue weighted by Crippen LogP contribution is -2.43. The van der Waals surface area contributed by atoms with Gasteiger partial charge in [-0.25, -0.2) is 0 Å². The molecule has 0 aromatic carbocycles. The lowest BCUT2D eigenvalue weighted by atomic mass is 9.99. The van der Waals surface area contributed by atoms with Crippen molar-refractivity contribution in [2.45, 2.75) is 38.8 Å². The molecule has 1 unspecified atom stereocenters. The fourth-order valence-corrected chi connectivity index (χ4v) is 2.13. The van der Waals surface area contributed by atoms with Gasteiger partial charge in [-0.1, -0.05) is 13.0 Å². The molecule has 2 nitrogen and oxygen atoms in total. The van der Waals surface area contributed by atoms with E-state index in [0.29, 0.717) is 0 Å². The topological polar surface area (TPSA) is 29.3 Å². The molecule has 1 heterocycles. The summed E-state index contributed by atoms with van der Waals surface area (Å²) in [5.74, 6) is 0. The molecular weight excluding hydrogens is 204 g/mol. The van der Waals surface area contributed by atoms with Gasteiger partial charge in [-0.15, -0.1) is 11.3 Å². The molecule has 1 rings (SSSR count). The molecular formula is C12H22N2S. The molecule has 86 valence electrons. The summed E-state index contributed by atoms with van der Waals surface area (Å²) in [6, 6.07) is 4.31. The second-order valence-corrected chi connectivity index (χ2v) is 5.65. The smallest absolute Gasteiger partial charge is 0.0519 e. The van der Waals surface area contributed by atoms with Crippen LogP contribution in [0.3, 0.4) is 0 Å². The van der Waals surface area contributed by atoms with Crippen molar-refractivity contribution in [1.82, 2.24) is 4.90 Å². The van der Waals surface area contributed by atoms with Crippen molar-refractivity contribution >= 4 is 11.3 Å². The van der Waals surface area contributed by atoms with Crippen LogP contribution in [0.15, 0.2) is 17.5 Å². The fraction of sp³-hybridized carbons (Fsp3) is 0.667. The predicted molar refractivity (Wildman–Crippen MR) is 68.2 cm³/mol. The van der Waals surface area contributed by atoms with Crippen LogP contribution in [-0.4, -0.2) is 24.0 Å². The van der Waals surface area contributed by atoms with Crippen molar-refractivity contribution in [3.05, 3.63) is 22.4 Å². The zero-order valence-electron chi connectivity index (χ0n) is 10.2. The molecule has 0 bridgehead atoms. The molecule has 0 saturated heterocycles. The van der Waals surface area contributed by atoms with Crippen LogP contribution in [0.2, 0.25) is 0 Å². The van der Waals surface area contributed by atoms with Gasteiger partial charge in [-0.3, -0.25) is 4.90 Å². The minimum absolute atomic E-state index is 0.140. The number of nitrogens with two attached hydrogens (primary N) is 1. The minimum atomic E-state index is 0.140. The molecule has 0 amide bonds. The van der Waals surface area contributed by atoms with E-state index in [9.17, 15) is 0 Å². The van der Waals surface area contributed by atoms with Crippen molar-refractivity contribution in [3.8, 4) is 0 Å². The zero-order chi connectivity index (χ0) is 11.5. The quantitative estimate of drug-likeness (QED) is 0.836. The van der Waals surface area contributed by atoms with E-state index in [1.54, 1.807) is 11.3 Å². The van der Waals surface area contributed by atoms with Crippen LogP contribution in [-0.2, 0) is 0 Å². The number of hydrogen-bond acceptors (Lipinski definition) is 3. The third kappa shape index (κ3) is 3.30. The SMILES string of the molecule is CCC(C)(C)N(C)CC(N)c1cccs1. The van der Waals surface area contributed by atoms with Gasteiger partial charge in [0, 0.05) is 17.0 Å². The molecule has 1 aromatic heterocycles. The normalized spacial score (nSPS) is 14.5. The Balaban J connectivity index is 2.55. The molecule has 2 N–H and O–H groups in total. The Morgan fingerprint density at radius 3 is 2.67 bits per heavy atom. The van der Waals surface area contributed by atoms with Crippen molar-refractivity contribution in [2.24, 2.45) is 5.73 Å². The van der Waals surface area contributed by atoms with Crippen LogP contribution >= 0.6 is 11.3 Å². The van der Waals surface area contributed by atoms with E-state index in [1.165, 1.54) is 4.88 Å². The Bertz CT molecular complexity index is 280. The summed E-state index contributed by atoms with van der Waals surface area (Å²) in [6.07, 6.45) is 1.14. The van der Waals surface area contributed by atoms with Crippen LogP contribution in [0.25, 0.3) is 0 Å². The van der Waals surface area contributed by atoms with E-state index in [2.05, 4.69) is 50.2 Å². The third-order valence-electron chi connectivity index (χ3n) is 3.28. The summed E-state index contributed by atoms with van der Waals surface area (Å²) in [6.45, 7) is 7.65. The molecule has 1 atom stereocenters. The summed E-state index contributed by atoms with van der Waals surface area (Å²) >= 11 is 1.74. The fourth-order valence-electron chi connectivity index (χ4n) is 1.40. The van der Waals surface area contributed by atoms with Gasteiger partial charge in [0.1, 0.15) is 0 Å². The second-order valence-electron chi connectivity index (χ2n) is 4.67. The molecule has 15 heavy (non-hydrogen) atoms. The maximum atomic E-state index is 6.16. The number of rotatable bonds is 5. The molecule has 3 heteroatoms. The van der Waals surface area contributed by atoms with E-state index < -0.39 is 0 Å². The first kappa shape index (κ1) is 12.7. The van der Waals surface area contributed by atoms with Crippen LogP contribution in [0, 0.1) is 0 Å². The number of likely N-dealkylation sites (N-methyl/N-ethyl adjacent to an activating group) is 1. The zero-order valence-corrected chi connectivity index (χ0v) is 11.0. The predicted octanol–water partition coefficient (Wildman–Crippen LogP) is 2.87. The lowest BCUT2D eigenvalue weighted by molar-refractivity contribution is 0.143. The Morgan fingerprint density at radius 1 is 1.53 bits per heavy atom. The average Bonchev–Trinajstić information content (AvgIpc) is 2.70. The summed E-state index contributed by atoms with van der Waals surface area (Å²) in [4.78, 5) is 3.62. The number of nitrogens with zero attached hydrogens (tertiary/aromatic N) is 1. The highest BCUT2D eigenvalue weighted by Crippen LogP contribution is 2.22. The maximum absolute atomic E-state index is 6.16. The highest BCUT2D eigenvalue weighted by Gasteiger charge is 2.23. The van der Waals surface area contributed by atoms with Crippen LogP contribution < -0.4 is 5.73 Å². The van der Waals surface area contributed by atoms with Crippen molar-refractivity contribution in [3.63, 3.8) is 0 Å². The molecule has 0 spiro atoms. The number of thiophene rings is 1. The summed E-state index contributed by atoms with van der Waals surface area (Å²) < 4.78 is 0. The Kier molecular flexibility index (Phi) is 4.32. The van der Waals surface area contributed by atoms with Gasteiger partial charge in [0.25, 0.3) is 0 Å². The standard InChI is InChI=1S/C12H22N2S/c1-5-12(2,3)14(4)9-10(13)11-7-6-8-15-11/h6-8,10H,5,9,13H2,1-4H3. The van der Waals surface area contributed by atoms with Crippen molar-refractivity contribution in [1.29, 1.82) is 0 Å². The summed E-state index contributed by atoms with van der Waals surface area (Å²) in [5.41, 5.74) is 6.39. The van der Waals surface area contributed by atoms with Gasteiger partial charge in [0.2, 0.25) is 0 Å². The molecule has 0 aliphatic carbocycles. The highest BCUT2D eigenvalue weighted by molar-refractivity contribution is 7.10. The van der Waals surface area contributed by atoms with Crippen molar-refractivity contribution < 1.29 is 0 Å². The van der Waals surface area contributed by atoms with Gasteiger partial charge in [0.05, 0.1) is 6.04 Å². The van der Waals surface area contributed by atoms with E-state index in [0.717, 1.165) is 13.0 Å². The van der Waals surface area contributed by atoms with Gasteiger partial charge in [0.15, 0.2) is 0 Å². The van der Waals surface area contributed by atoms with Gasteiger partial charge in [-0.05, 0) is 38.8 Å². The Labute approximate surface area is 97.1 Å². The van der Waals surface area contributed by atoms with Crippen LogP contribution in [0.1, 0.15) is 38.1 Å². The molecule has 0 aliphatic heterocycles. The summed E-state index contributed by atoms with van der Waals surface area (Å²) in [7, 11) is 2.15. The second kappa shape index (κ2) is 5.10. The van der Waals surface area contributed by atoms with Gasteiger partial charge < -0.3 is 5.73 Å². The van der Waals surface area contributed by atoms with E-state index in [-0.39, 0.29) is 11.6 Å². The van der Waals surface area contributed by atoms with E-state index in [4.69, 9.17) is 5.73 Å². The molecule has 0 aliphatic rings. The first-order valence-electron chi connectivity index (χ1n) is 5.47. The minimum Gasteiger partial charge on any atom is -0.322 e. The largest absolute Gasteiger partial charge is 0.322 e. The Hall–Kier alpha value is -0.380. The van der Waals surface area contributed by atoms with Crippen LogP contribution in [0.5, 0.6) is 0 Å². The van der Waals surface area contributed by atoms with Crippen LogP contribution in [0.4, 0.5) is 0 Å². The van der Waals surface area contributed by atoms with Gasteiger partial charge >= 0.3 is 0 Å². The lowest BCUT2D eigenvalue weighted by Gasteiger charge is -2.36. The maximum Gasteiger partial charge on any atom is 0.0519 e. The monoisotopic (exact) mass is 226 g/mol. The molecule has 0 saturated carbocycles. The molecule has 0 fully saturated rings.